The molecule has 12 heteroatoms. The van der Waals surface area contributed by atoms with E-state index in [2.05, 4.69) is 9.62 Å². The summed E-state index contributed by atoms with van der Waals surface area (Å²) < 4.78 is 56.6. The molecule has 10 nitrogen and oxygen atoms in total. The quantitative estimate of drug-likeness (QED) is 0.473. The maximum Gasteiger partial charge on any atom is 0.261 e. The first-order valence-electron chi connectivity index (χ1n) is 14.6. The number of carbonyl (C=O) groups excluding carboxylic acids is 1. The van der Waals surface area contributed by atoms with E-state index in [0.717, 1.165) is 24.2 Å². The van der Waals surface area contributed by atoms with Crippen molar-refractivity contribution in [1.82, 2.24) is 9.47 Å². The monoisotopic (exact) mass is 608 g/mol. The fourth-order valence-electron chi connectivity index (χ4n) is 6.96. The van der Waals surface area contributed by atoms with E-state index in [4.69, 9.17) is 9.47 Å². The summed E-state index contributed by atoms with van der Waals surface area (Å²) in [6.07, 6.45) is 2.08. The molecule has 7 rings (SSSR count). The van der Waals surface area contributed by atoms with Crippen LogP contribution in [0.5, 0.6) is 0 Å². The van der Waals surface area contributed by atoms with E-state index < -0.39 is 21.6 Å². The number of amides is 1. The minimum Gasteiger partial charge on any atom is -0.369 e. The Bertz CT molecular complexity index is 1710. The molecule has 3 fully saturated rings. The summed E-state index contributed by atoms with van der Waals surface area (Å²) in [7, 11) is -4.09. The Morgan fingerprint density at radius 1 is 0.953 bits per heavy atom. The Kier molecular flexibility index (Phi) is 7.02. The van der Waals surface area contributed by atoms with Crippen LogP contribution in [0.2, 0.25) is 0 Å². The van der Waals surface area contributed by atoms with Crippen LogP contribution in [0.25, 0.3) is 0 Å². The van der Waals surface area contributed by atoms with Gasteiger partial charge in [-0.05, 0) is 60.9 Å². The lowest BCUT2D eigenvalue weighted by Gasteiger charge is -2.44. The van der Waals surface area contributed by atoms with Crippen LogP contribution in [0.15, 0.2) is 70.4 Å². The number of benzene rings is 2. The maximum absolute atomic E-state index is 13.6. The number of nitrogens with one attached hydrogen (secondary N) is 1. The van der Waals surface area contributed by atoms with E-state index in [1.165, 1.54) is 12.1 Å². The van der Waals surface area contributed by atoms with Crippen molar-refractivity contribution in [2.45, 2.75) is 42.4 Å². The predicted molar refractivity (Wildman–Crippen MR) is 157 cm³/mol. The zero-order chi connectivity index (χ0) is 29.8. The molecule has 2 atom stereocenters. The molecule has 226 valence electrons. The fraction of sp³-hybridized carbons (Fsp3) is 0.419. The highest BCUT2D eigenvalue weighted by Crippen LogP contribution is 2.40. The number of likely N-dealkylation sites (tertiary alicyclic amines) is 1. The number of ether oxygens (including phenoxy) is 2. The van der Waals surface area contributed by atoms with Crippen LogP contribution in [0.4, 0.5) is 15.8 Å². The van der Waals surface area contributed by atoms with Crippen LogP contribution >= 0.6 is 0 Å². The smallest absolute Gasteiger partial charge is 0.261 e. The second kappa shape index (κ2) is 10.8. The fourth-order valence-corrected chi connectivity index (χ4v) is 8.02. The van der Waals surface area contributed by atoms with E-state index in [-0.39, 0.29) is 33.9 Å². The zero-order valence-corrected chi connectivity index (χ0v) is 24.4. The number of halogens is 1. The molecule has 0 radical (unpaired) electrons. The summed E-state index contributed by atoms with van der Waals surface area (Å²) in [6, 6.07) is 15.1. The normalized spacial score (nSPS) is 22.8. The number of pyridine rings is 1. The second-order valence-electron chi connectivity index (χ2n) is 11.8. The number of nitrogens with zero attached hydrogens (tertiary/aromatic N) is 3. The molecular formula is C31H33FN4O6S. The molecule has 43 heavy (non-hydrogen) atoms. The van der Waals surface area contributed by atoms with E-state index >= 15 is 0 Å². The molecule has 0 unspecified atom stereocenters. The standard InChI is InChI=1S/C31H33FN4O6S/c32-24-5-7-25(8-6-24)43(39,40)33-26-17-22(30(38)34-12-10-31(11-13-34)41-14-15-42-31)4-9-28(26)35-18-21-16-23(20-35)27-2-1-3-29(37)36(27)19-21/h1-9,17,21,23,33H,10-16,18-20H2/t21-,23+/m1/s1. The van der Waals surface area contributed by atoms with Gasteiger partial charge in [-0.1, -0.05) is 6.07 Å². The van der Waals surface area contributed by atoms with Crippen molar-refractivity contribution in [3.05, 3.63) is 88.1 Å². The van der Waals surface area contributed by atoms with Gasteiger partial charge in [0.1, 0.15) is 5.82 Å². The number of hydrogen-bond donors (Lipinski definition) is 1. The van der Waals surface area contributed by atoms with E-state index in [9.17, 15) is 22.4 Å². The Morgan fingerprint density at radius 3 is 2.44 bits per heavy atom. The number of anilines is 2. The van der Waals surface area contributed by atoms with Crippen LogP contribution in [-0.2, 0) is 26.0 Å². The Labute approximate surface area is 249 Å². The Hall–Kier alpha value is -3.74. The maximum atomic E-state index is 13.6. The highest BCUT2D eigenvalue weighted by Gasteiger charge is 2.41. The van der Waals surface area contributed by atoms with Gasteiger partial charge >= 0.3 is 0 Å². The van der Waals surface area contributed by atoms with Crippen LogP contribution < -0.4 is 15.2 Å². The molecule has 4 aliphatic heterocycles. The number of hydrogen-bond acceptors (Lipinski definition) is 7. The molecule has 1 amide bonds. The van der Waals surface area contributed by atoms with Gasteiger partial charge in [-0.3, -0.25) is 14.3 Å². The lowest BCUT2D eigenvalue weighted by Crippen LogP contribution is -2.47. The summed E-state index contributed by atoms with van der Waals surface area (Å²) in [5, 5.41) is 0. The highest BCUT2D eigenvalue weighted by atomic mass is 32.2. The van der Waals surface area contributed by atoms with Crippen LogP contribution in [-0.4, -0.2) is 69.0 Å². The van der Waals surface area contributed by atoms with E-state index in [1.54, 1.807) is 35.2 Å². The molecule has 0 saturated carbocycles. The van der Waals surface area contributed by atoms with Gasteiger partial charge < -0.3 is 23.8 Å². The van der Waals surface area contributed by atoms with Gasteiger partial charge in [0.05, 0.1) is 29.5 Å². The number of carbonyl (C=O) groups is 1. The lowest BCUT2D eigenvalue weighted by atomic mass is 9.83. The topological polar surface area (TPSA) is 110 Å². The highest BCUT2D eigenvalue weighted by molar-refractivity contribution is 7.92. The van der Waals surface area contributed by atoms with Crippen LogP contribution in [0, 0.1) is 11.7 Å². The third-order valence-corrected chi connectivity index (χ3v) is 10.4. The average molecular weight is 609 g/mol. The third-order valence-electron chi connectivity index (χ3n) is 9.06. The predicted octanol–water partition coefficient (Wildman–Crippen LogP) is 3.39. The molecule has 4 aliphatic rings. The number of rotatable bonds is 5. The van der Waals surface area contributed by atoms with Crippen LogP contribution in [0.3, 0.4) is 0 Å². The number of fused-ring (bicyclic) bond motifs is 4. The summed E-state index contributed by atoms with van der Waals surface area (Å²) in [5.41, 5.74) is 2.25. The van der Waals surface area contributed by atoms with Gasteiger partial charge in [0.25, 0.3) is 21.5 Å². The molecule has 5 heterocycles. The molecule has 2 aromatic carbocycles. The Balaban J connectivity index is 1.20. The van der Waals surface area contributed by atoms with Crippen molar-refractivity contribution in [3.63, 3.8) is 0 Å². The van der Waals surface area contributed by atoms with Gasteiger partial charge in [-0.15, -0.1) is 0 Å². The minimum absolute atomic E-state index is 0.00838. The Morgan fingerprint density at radius 2 is 1.70 bits per heavy atom. The van der Waals surface area contributed by atoms with Gasteiger partial charge in [-0.25, -0.2) is 12.8 Å². The summed E-state index contributed by atoms with van der Waals surface area (Å²) in [4.78, 5) is 29.9. The molecule has 3 aromatic rings. The largest absolute Gasteiger partial charge is 0.369 e. The van der Waals surface area contributed by atoms with Gasteiger partial charge in [0.2, 0.25) is 0 Å². The first-order valence-corrected chi connectivity index (χ1v) is 16.1. The number of sulfonamides is 1. The lowest BCUT2D eigenvalue weighted by molar-refractivity contribution is -0.181. The van der Waals surface area contributed by atoms with E-state index in [1.807, 2.05) is 10.6 Å². The second-order valence-corrected chi connectivity index (χ2v) is 13.5. The third kappa shape index (κ3) is 5.32. The van der Waals surface area contributed by atoms with Crippen molar-refractivity contribution >= 4 is 27.3 Å². The van der Waals surface area contributed by atoms with Gasteiger partial charge in [0.15, 0.2) is 5.79 Å². The summed E-state index contributed by atoms with van der Waals surface area (Å²) >= 11 is 0. The molecule has 0 aliphatic carbocycles. The average Bonchev–Trinajstić information content (AvgIpc) is 3.45. The first-order chi connectivity index (χ1) is 20.7. The number of aromatic nitrogens is 1. The van der Waals surface area contributed by atoms with E-state index in [0.29, 0.717) is 70.0 Å². The molecule has 3 saturated heterocycles. The molecular weight excluding hydrogens is 575 g/mol. The van der Waals surface area contributed by atoms with Gasteiger partial charge in [0, 0.05) is 68.8 Å². The zero-order valence-electron chi connectivity index (χ0n) is 23.6. The molecule has 2 bridgehead atoms. The van der Waals surface area contributed by atoms with Crippen molar-refractivity contribution in [1.29, 1.82) is 0 Å². The molecule has 1 aromatic heterocycles. The molecule has 1 spiro atoms. The summed E-state index contributed by atoms with van der Waals surface area (Å²) in [5.74, 6) is -1.05. The van der Waals surface area contributed by atoms with Crippen molar-refractivity contribution in [2.75, 3.05) is 49.0 Å². The first kappa shape index (κ1) is 28.1. The van der Waals surface area contributed by atoms with Crippen LogP contribution in [0.1, 0.15) is 41.2 Å². The SMILES string of the molecule is O=C(c1ccc(N2C[C@H]3C[C@@H](C2)c2cccc(=O)n2C3)c(NS(=O)(=O)c2ccc(F)cc2)c1)N1CCC2(CC1)OCCO2. The summed E-state index contributed by atoms with van der Waals surface area (Å²) in [6.45, 7) is 3.84. The van der Waals surface area contributed by atoms with Crippen molar-refractivity contribution < 1.29 is 27.1 Å². The van der Waals surface area contributed by atoms with Crippen molar-refractivity contribution in [2.24, 2.45) is 5.92 Å². The molecule has 1 N–H and O–H groups in total. The van der Waals surface area contributed by atoms with Crippen molar-refractivity contribution in [3.8, 4) is 0 Å². The minimum atomic E-state index is -4.09. The van der Waals surface area contributed by atoms with Gasteiger partial charge in [-0.2, -0.15) is 0 Å². The number of piperidine rings is 2.